The average molecular weight is 395 g/mol. The molecule has 1 saturated carbocycles. The smallest absolute Gasteiger partial charge is 0.242 e. The first-order chi connectivity index (χ1) is 13.7. The van der Waals surface area contributed by atoms with E-state index in [1.54, 1.807) is 0 Å². The number of ether oxygens (including phenoxy) is 1. The minimum absolute atomic E-state index is 0.138. The maximum atomic E-state index is 13.2. The van der Waals surface area contributed by atoms with Gasteiger partial charge in [-0.15, -0.1) is 5.10 Å². The van der Waals surface area contributed by atoms with Crippen LogP contribution in [0.2, 0.25) is 0 Å². The molecule has 6 nitrogen and oxygen atoms in total. The largest absolute Gasteiger partial charge is 0.492 e. The standard InChI is InChI=1S/C21H22N4O2S/c1-2-27-17-11-7-6-10-16(17)22-20(26)18(14-8-4-3-5-9-14)28-21-23-19(24-25-21)15-12-13-15/h3-11,15,18H,2,12-13H2,1H3,(H,22,26)(H,23,24,25). The third kappa shape index (κ3) is 4.36. The van der Waals surface area contributed by atoms with Gasteiger partial charge in [0.2, 0.25) is 11.1 Å². The highest BCUT2D eigenvalue weighted by Crippen LogP contribution is 2.40. The maximum absolute atomic E-state index is 13.2. The van der Waals surface area contributed by atoms with Gasteiger partial charge in [-0.1, -0.05) is 54.2 Å². The molecule has 0 bridgehead atoms. The third-order valence-corrected chi connectivity index (χ3v) is 5.57. The Morgan fingerprint density at radius 2 is 1.96 bits per heavy atom. The van der Waals surface area contributed by atoms with E-state index in [0.29, 0.717) is 29.1 Å². The molecule has 2 aromatic carbocycles. The second-order valence-corrected chi connectivity index (χ2v) is 7.68. The SMILES string of the molecule is CCOc1ccccc1NC(=O)C(Sc1n[nH]c(C2CC2)n1)c1ccccc1. The lowest BCUT2D eigenvalue weighted by Crippen LogP contribution is -2.19. The van der Waals surface area contributed by atoms with Gasteiger partial charge in [0, 0.05) is 5.92 Å². The Bertz CT molecular complexity index is 940. The molecular weight excluding hydrogens is 372 g/mol. The summed E-state index contributed by atoms with van der Waals surface area (Å²) in [6.07, 6.45) is 2.30. The van der Waals surface area contributed by atoms with Gasteiger partial charge in [0.25, 0.3) is 0 Å². The van der Waals surface area contributed by atoms with E-state index in [-0.39, 0.29) is 5.91 Å². The first-order valence-corrected chi connectivity index (χ1v) is 10.3. The summed E-state index contributed by atoms with van der Waals surface area (Å²) in [6, 6.07) is 17.1. The highest BCUT2D eigenvalue weighted by atomic mass is 32.2. The number of amides is 1. The Labute approximate surface area is 168 Å². The van der Waals surface area contributed by atoms with Gasteiger partial charge in [-0.25, -0.2) is 4.98 Å². The van der Waals surface area contributed by atoms with Crippen LogP contribution < -0.4 is 10.1 Å². The van der Waals surface area contributed by atoms with Crippen LogP contribution in [-0.4, -0.2) is 27.7 Å². The molecule has 0 saturated heterocycles. The zero-order chi connectivity index (χ0) is 19.3. The van der Waals surface area contributed by atoms with Crippen molar-refractivity contribution in [1.82, 2.24) is 15.2 Å². The molecule has 0 radical (unpaired) electrons. The van der Waals surface area contributed by atoms with E-state index >= 15 is 0 Å². The summed E-state index contributed by atoms with van der Waals surface area (Å²) < 4.78 is 5.63. The maximum Gasteiger partial charge on any atom is 0.242 e. The fourth-order valence-electron chi connectivity index (χ4n) is 2.91. The van der Waals surface area contributed by atoms with Crippen molar-refractivity contribution < 1.29 is 9.53 Å². The zero-order valence-corrected chi connectivity index (χ0v) is 16.4. The monoisotopic (exact) mass is 394 g/mol. The molecule has 0 spiro atoms. The van der Waals surface area contributed by atoms with E-state index in [1.807, 2.05) is 61.5 Å². The van der Waals surface area contributed by atoms with Gasteiger partial charge in [-0.3, -0.25) is 9.89 Å². The van der Waals surface area contributed by atoms with Crippen LogP contribution >= 0.6 is 11.8 Å². The van der Waals surface area contributed by atoms with Gasteiger partial charge in [-0.2, -0.15) is 0 Å². The van der Waals surface area contributed by atoms with E-state index < -0.39 is 5.25 Å². The number of rotatable bonds is 8. The predicted octanol–water partition coefficient (Wildman–Crippen LogP) is 4.55. The van der Waals surface area contributed by atoms with Gasteiger partial charge < -0.3 is 10.1 Å². The molecule has 1 fully saturated rings. The van der Waals surface area contributed by atoms with Crippen molar-refractivity contribution >= 4 is 23.4 Å². The normalized spacial score (nSPS) is 14.5. The summed E-state index contributed by atoms with van der Waals surface area (Å²) in [5, 5.41) is 10.4. The zero-order valence-electron chi connectivity index (χ0n) is 15.6. The number of benzene rings is 2. The summed E-state index contributed by atoms with van der Waals surface area (Å²) in [6.45, 7) is 2.45. The van der Waals surface area contributed by atoms with Crippen LogP contribution in [0.1, 0.15) is 42.3 Å². The lowest BCUT2D eigenvalue weighted by atomic mass is 10.1. The van der Waals surface area contributed by atoms with Crippen LogP contribution in [0.15, 0.2) is 59.8 Å². The van der Waals surface area contributed by atoms with Gasteiger partial charge >= 0.3 is 0 Å². The Hall–Kier alpha value is -2.80. The minimum atomic E-state index is -0.473. The molecule has 2 N–H and O–H groups in total. The molecule has 1 aliphatic carbocycles. The first kappa shape index (κ1) is 18.6. The third-order valence-electron chi connectivity index (χ3n) is 4.45. The Kier molecular flexibility index (Phi) is 5.62. The van der Waals surface area contributed by atoms with Crippen molar-refractivity contribution in [2.24, 2.45) is 0 Å². The molecule has 1 amide bonds. The number of aromatic nitrogens is 3. The van der Waals surface area contributed by atoms with Crippen LogP contribution in [-0.2, 0) is 4.79 Å². The van der Waals surface area contributed by atoms with Crippen LogP contribution in [0.25, 0.3) is 0 Å². The van der Waals surface area contributed by atoms with E-state index in [2.05, 4.69) is 20.5 Å². The number of carbonyl (C=O) groups excluding carboxylic acids is 1. The van der Waals surface area contributed by atoms with E-state index in [4.69, 9.17) is 4.74 Å². The Morgan fingerprint density at radius 3 is 2.71 bits per heavy atom. The molecule has 0 aliphatic heterocycles. The Morgan fingerprint density at radius 1 is 1.21 bits per heavy atom. The van der Waals surface area contributed by atoms with Crippen molar-refractivity contribution in [2.75, 3.05) is 11.9 Å². The summed E-state index contributed by atoms with van der Waals surface area (Å²) in [5.74, 6) is 1.92. The number of para-hydroxylation sites is 2. The molecule has 1 unspecified atom stereocenters. The molecule has 144 valence electrons. The van der Waals surface area contributed by atoms with Crippen LogP contribution in [0, 0.1) is 0 Å². The lowest BCUT2D eigenvalue weighted by Gasteiger charge is -2.17. The number of hydrogen-bond donors (Lipinski definition) is 2. The van der Waals surface area contributed by atoms with Crippen molar-refractivity contribution in [3.63, 3.8) is 0 Å². The molecule has 4 rings (SSSR count). The fourth-order valence-corrected chi connectivity index (χ4v) is 3.83. The van der Waals surface area contributed by atoms with Crippen molar-refractivity contribution in [2.45, 2.75) is 36.1 Å². The molecule has 1 atom stereocenters. The van der Waals surface area contributed by atoms with Crippen molar-refractivity contribution in [1.29, 1.82) is 0 Å². The highest BCUT2D eigenvalue weighted by Gasteiger charge is 2.29. The fraction of sp³-hybridized carbons (Fsp3) is 0.286. The molecule has 1 aromatic heterocycles. The molecule has 1 heterocycles. The van der Waals surface area contributed by atoms with Gasteiger partial charge in [0.1, 0.15) is 16.8 Å². The summed E-state index contributed by atoms with van der Waals surface area (Å²) in [7, 11) is 0. The molecule has 28 heavy (non-hydrogen) atoms. The molecular formula is C21H22N4O2S. The van der Waals surface area contributed by atoms with Gasteiger partial charge in [-0.05, 0) is 37.5 Å². The van der Waals surface area contributed by atoms with E-state index in [9.17, 15) is 4.79 Å². The number of nitrogens with one attached hydrogen (secondary N) is 2. The Balaban J connectivity index is 1.57. The summed E-state index contributed by atoms with van der Waals surface area (Å²) in [5.41, 5.74) is 1.56. The van der Waals surface area contributed by atoms with Crippen molar-refractivity contribution in [3.8, 4) is 5.75 Å². The predicted molar refractivity (Wildman–Crippen MR) is 110 cm³/mol. The van der Waals surface area contributed by atoms with Crippen LogP contribution in [0.5, 0.6) is 5.75 Å². The second kappa shape index (κ2) is 8.48. The highest BCUT2D eigenvalue weighted by molar-refractivity contribution is 8.00. The van der Waals surface area contributed by atoms with E-state index in [1.165, 1.54) is 11.8 Å². The number of H-pyrrole nitrogens is 1. The van der Waals surface area contributed by atoms with Crippen molar-refractivity contribution in [3.05, 3.63) is 66.0 Å². The quantitative estimate of drug-likeness (QED) is 0.548. The van der Waals surface area contributed by atoms with E-state index in [0.717, 1.165) is 24.2 Å². The average Bonchev–Trinajstić information content (AvgIpc) is 3.47. The number of carbonyl (C=O) groups is 1. The number of anilines is 1. The molecule has 1 aliphatic rings. The van der Waals surface area contributed by atoms with Gasteiger partial charge in [0.05, 0.1) is 12.3 Å². The number of nitrogens with zero attached hydrogens (tertiary/aromatic N) is 2. The lowest BCUT2D eigenvalue weighted by molar-refractivity contribution is -0.115. The first-order valence-electron chi connectivity index (χ1n) is 9.41. The van der Waals surface area contributed by atoms with Gasteiger partial charge in [0.15, 0.2) is 0 Å². The topological polar surface area (TPSA) is 79.9 Å². The summed E-state index contributed by atoms with van der Waals surface area (Å²) >= 11 is 1.35. The number of aromatic amines is 1. The second-order valence-electron chi connectivity index (χ2n) is 6.60. The molecule has 3 aromatic rings. The number of thioether (sulfide) groups is 1. The summed E-state index contributed by atoms with van der Waals surface area (Å²) in [4.78, 5) is 17.7. The van der Waals surface area contributed by atoms with Crippen LogP contribution in [0.4, 0.5) is 5.69 Å². The minimum Gasteiger partial charge on any atom is -0.492 e. The van der Waals surface area contributed by atoms with Crippen LogP contribution in [0.3, 0.4) is 0 Å². The molecule has 7 heteroatoms. The number of hydrogen-bond acceptors (Lipinski definition) is 5.